The van der Waals surface area contributed by atoms with Crippen LogP contribution in [0.3, 0.4) is 0 Å². The minimum atomic E-state index is -0.554. The fourth-order valence-corrected chi connectivity index (χ4v) is 1.45. The minimum Gasteiger partial charge on any atom is -0.456 e. The average molecular weight is 245 g/mol. The molecule has 18 heavy (non-hydrogen) atoms. The van der Waals surface area contributed by atoms with Gasteiger partial charge in [0, 0.05) is 0 Å². The van der Waals surface area contributed by atoms with Crippen LogP contribution in [0.4, 0.5) is 4.39 Å². The van der Waals surface area contributed by atoms with Crippen LogP contribution >= 0.6 is 0 Å². The molecule has 0 bridgehead atoms. The average Bonchev–Trinajstić information content (AvgIpc) is 2.40. The number of ether oxygens (including phenoxy) is 1. The Morgan fingerprint density at radius 2 is 2.06 bits per heavy atom. The number of benzene rings is 1. The Morgan fingerprint density at radius 1 is 1.33 bits per heavy atom. The summed E-state index contributed by atoms with van der Waals surface area (Å²) in [6.45, 7) is 1.75. The Morgan fingerprint density at radius 3 is 2.72 bits per heavy atom. The van der Waals surface area contributed by atoms with Gasteiger partial charge in [-0.05, 0) is 24.1 Å². The molecule has 4 heteroatoms. The van der Waals surface area contributed by atoms with Crippen molar-refractivity contribution in [3.63, 3.8) is 0 Å². The molecule has 0 amide bonds. The van der Waals surface area contributed by atoms with Crippen molar-refractivity contribution in [1.82, 2.24) is 4.98 Å². The lowest BCUT2D eigenvalue weighted by Gasteiger charge is -2.05. The number of hydrogen-bond donors (Lipinski definition) is 0. The Balaban J connectivity index is 2.02. The zero-order valence-corrected chi connectivity index (χ0v) is 9.89. The number of halogens is 1. The summed E-state index contributed by atoms with van der Waals surface area (Å²) in [6, 6.07) is 10.7. The van der Waals surface area contributed by atoms with Crippen LogP contribution in [-0.4, -0.2) is 11.0 Å². The number of rotatable bonds is 3. The second-order valence-electron chi connectivity index (χ2n) is 3.88. The summed E-state index contributed by atoms with van der Waals surface area (Å²) in [7, 11) is 0. The first-order chi connectivity index (χ1) is 8.66. The molecule has 0 spiro atoms. The highest BCUT2D eigenvalue weighted by molar-refractivity contribution is 5.87. The molecule has 0 unspecified atom stereocenters. The highest BCUT2D eigenvalue weighted by Crippen LogP contribution is 2.08. The molecule has 1 aromatic carbocycles. The van der Waals surface area contributed by atoms with Crippen LogP contribution in [0.2, 0.25) is 0 Å². The van der Waals surface area contributed by atoms with Crippen LogP contribution in [0, 0.1) is 12.7 Å². The molecular weight excluding hydrogens is 233 g/mol. The van der Waals surface area contributed by atoms with Gasteiger partial charge in [-0.25, -0.2) is 14.2 Å². The maximum Gasteiger partial charge on any atom is 0.357 e. The Labute approximate surface area is 104 Å². The van der Waals surface area contributed by atoms with E-state index >= 15 is 0 Å². The second-order valence-corrected chi connectivity index (χ2v) is 3.88. The van der Waals surface area contributed by atoms with Crippen molar-refractivity contribution in [2.24, 2.45) is 0 Å². The molecule has 2 rings (SSSR count). The number of hydrogen-bond acceptors (Lipinski definition) is 3. The van der Waals surface area contributed by atoms with Crippen LogP contribution in [0.25, 0.3) is 0 Å². The van der Waals surface area contributed by atoms with Crippen molar-refractivity contribution < 1.29 is 13.9 Å². The van der Waals surface area contributed by atoms with Crippen LogP contribution in [-0.2, 0) is 11.3 Å². The Hall–Kier alpha value is -2.23. The molecule has 1 aromatic heterocycles. The molecule has 0 saturated heterocycles. The lowest BCUT2D eigenvalue weighted by Crippen LogP contribution is -2.08. The Kier molecular flexibility index (Phi) is 3.67. The second kappa shape index (κ2) is 5.40. The first kappa shape index (κ1) is 12.2. The van der Waals surface area contributed by atoms with Gasteiger partial charge in [0.05, 0.1) is 6.20 Å². The van der Waals surface area contributed by atoms with Gasteiger partial charge in [-0.1, -0.05) is 30.3 Å². The normalized spacial score (nSPS) is 10.1. The third kappa shape index (κ3) is 2.91. The lowest BCUT2D eigenvalue weighted by atomic mass is 10.2. The monoisotopic (exact) mass is 245 g/mol. The summed E-state index contributed by atoms with van der Waals surface area (Å²) in [5.74, 6) is -0.989. The predicted octanol–water partition coefficient (Wildman–Crippen LogP) is 2.89. The predicted molar refractivity (Wildman–Crippen MR) is 64.5 cm³/mol. The van der Waals surface area contributed by atoms with E-state index in [9.17, 15) is 9.18 Å². The van der Waals surface area contributed by atoms with Crippen LogP contribution in [0.5, 0.6) is 0 Å². The quantitative estimate of drug-likeness (QED) is 0.780. The molecule has 0 radical (unpaired) electrons. The van der Waals surface area contributed by atoms with Crippen molar-refractivity contribution in [1.29, 1.82) is 0 Å². The van der Waals surface area contributed by atoms with Crippen molar-refractivity contribution in [2.45, 2.75) is 13.5 Å². The molecule has 92 valence electrons. The van der Waals surface area contributed by atoms with Crippen molar-refractivity contribution >= 4 is 5.97 Å². The van der Waals surface area contributed by atoms with E-state index in [4.69, 9.17) is 4.74 Å². The number of aromatic nitrogens is 1. The molecule has 0 N–H and O–H groups in total. The van der Waals surface area contributed by atoms with Crippen LogP contribution < -0.4 is 0 Å². The number of carbonyl (C=O) groups excluding carboxylic acids is 1. The maximum atomic E-state index is 13.0. The van der Waals surface area contributed by atoms with Gasteiger partial charge in [-0.15, -0.1) is 0 Å². The molecular formula is C14H12FNO2. The summed E-state index contributed by atoms with van der Waals surface area (Å²) in [5.41, 5.74) is 1.38. The summed E-state index contributed by atoms with van der Waals surface area (Å²) >= 11 is 0. The highest BCUT2D eigenvalue weighted by atomic mass is 19.1. The Bertz CT molecular complexity index is 555. The van der Waals surface area contributed by atoms with Crippen molar-refractivity contribution in [3.8, 4) is 0 Å². The molecule has 0 fully saturated rings. The van der Waals surface area contributed by atoms with Gasteiger partial charge in [0.2, 0.25) is 0 Å². The summed E-state index contributed by atoms with van der Waals surface area (Å²) in [5, 5.41) is 0. The standard InChI is InChI=1S/C14H12FNO2/c1-10-7-13(16-8-12(10)15)14(17)18-9-11-5-3-2-4-6-11/h2-8H,9H2,1H3. The van der Waals surface area contributed by atoms with E-state index in [0.29, 0.717) is 5.56 Å². The van der Waals surface area contributed by atoms with Gasteiger partial charge in [-0.3, -0.25) is 0 Å². The van der Waals surface area contributed by atoms with E-state index < -0.39 is 11.8 Å². The molecule has 2 aromatic rings. The fraction of sp³-hybridized carbons (Fsp3) is 0.143. The third-order valence-electron chi connectivity index (χ3n) is 2.47. The molecule has 0 aliphatic heterocycles. The van der Waals surface area contributed by atoms with Gasteiger partial charge >= 0.3 is 5.97 Å². The lowest BCUT2D eigenvalue weighted by molar-refractivity contribution is 0.0465. The van der Waals surface area contributed by atoms with Gasteiger partial charge in [0.25, 0.3) is 0 Å². The van der Waals surface area contributed by atoms with E-state index in [1.54, 1.807) is 6.92 Å². The number of esters is 1. The van der Waals surface area contributed by atoms with Crippen LogP contribution in [0.1, 0.15) is 21.6 Å². The summed E-state index contributed by atoms with van der Waals surface area (Å²) in [6.07, 6.45) is 1.02. The first-order valence-corrected chi connectivity index (χ1v) is 5.50. The smallest absolute Gasteiger partial charge is 0.357 e. The van der Waals surface area contributed by atoms with Crippen LogP contribution in [0.15, 0.2) is 42.6 Å². The maximum absolute atomic E-state index is 13.0. The zero-order chi connectivity index (χ0) is 13.0. The minimum absolute atomic E-state index is 0.116. The molecule has 0 aliphatic carbocycles. The van der Waals surface area contributed by atoms with E-state index in [0.717, 1.165) is 11.8 Å². The summed E-state index contributed by atoms with van der Waals surface area (Å²) < 4.78 is 18.1. The molecule has 0 aliphatic rings. The SMILES string of the molecule is Cc1cc(C(=O)OCc2ccccc2)ncc1F. The number of aryl methyl sites for hydroxylation is 1. The zero-order valence-electron chi connectivity index (χ0n) is 9.89. The summed E-state index contributed by atoms with van der Waals surface area (Å²) in [4.78, 5) is 15.4. The largest absolute Gasteiger partial charge is 0.456 e. The topological polar surface area (TPSA) is 39.2 Å². The van der Waals surface area contributed by atoms with E-state index in [1.807, 2.05) is 30.3 Å². The first-order valence-electron chi connectivity index (χ1n) is 5.50. The fourth-order valence-electron chi connectivity index (χ4n) is 1.45. The molecule has 1 heterocycles. The number of carbonyl (C=O) groups is 1. The number of nitrogens with zero attached hydrogens (tertiary/aromatic N) is 1. The van der Waals surface area contributed by atoms with Gasteiger partial charge in [0.1, 0.15) is 18.1 Å². The highest BCUT2D eigenvalue weighted by Gasteiger charge is 2.10. The van der Waals surface area contributed by atoms with E-state index in [2.05, 4.69) is 4.98 Å². The van der Waals surface area contributed by atoms with Crippen molar-refractivity contribution in [3.05, 3.63) is 65.2 Å². The molecule has 0 saturated carbocycles. The van der Waals surface area contributed by atoms with Gasteiger partial charge in [0.15, 0.2) is 0 Å². The van der Waals surface area contributed by atoms with Gasteiger partial charge < -0.3 is 4.74 Å². The van der Waals surface area contributed by atoms with E-state index in [1.165, 1.54) is 6.07 Å². The molecule has 0 atom stereocenters. The van der Waals surface area contributed by atoms with E-state index in [-0.39, 0.29) is 12.3 Å². The van der Waals surface area contributed by atoms with Gasteiger partial charge in [-0.2, -0.15) is 0 Å². The number of pyridine rings is 1. The molecule has 3 nitrogen and oxygen atoms in total. The van der Waals surface area contributed by atoms with Crippen molar-refractivity contribution in [2.75, 3.05) is 0 Å². The third-order valence-corrected chi connectivity index (χ3v) is 2.47.